The number of hydrogen-bond donors (Lipinski definition) is 3. The average Bonchev–Trinajstić information content (AvgIpc) is 3.01. The number of carbonyl (C=O) groups is 1. The third-order valence-corrected chi connectivity index (χ3v) is 4.12. The van der Waals surface area contributed by atoms with E-state index in [0.29, 0.717) is 55.5 Å². The van der Waals surface area contributed by atoms with Crippen molar-refractivity contribution < 1.29 is 26.6 Å². The maximum absolute atomic E-state index is 12.3. The van der Waals surface area contributed by atoms with Crippen molar-refractivity contribution in [3.05, 3.63) is 17.5 Å². The summed E-state index contributed by atoms with van der Waals surface area (Å²) in [5.74, 6) is 0.680. The van der Waals surface area contributed by atoms with Crippen molar-refractivity contribution >= 4 is 16.4 Å². The van der Waals surface area contributed by atoms with Gasteiger partial charge in [-0.15, -0.1) is 4.28 Å². The Hall–Kier alpha value is -1.73. The molecule has 1 aliphatic heterocycles. The normalized spacial score (nSPS) is 18.8. The third-order valence-electron chi connectivity index (χ3n) is 3.75. The largest absolute Gasteiger partial charge is 0.418 e. The minimum absolute atomic E-state index is 0.0000386. The number of hydroxylamine groups is 2. The molecular weight excluding hydrogens is 354 g/mol. The topological polar surface area (TPSA) is 151 Å². The van der Waals surface area contributed by atoms with Crippen molar-refractivity contribution in [3.8, 4) is 0 Å². The molecule has 142 valence electrons. The van der Waals surface area contributed by atoms with Gasteiger partial charge in [0.2, 0.25) is 0 Å². The Morgan fingerprint density at radius 2 is 2.28 bits per heavy atom. The van der Waals surface area contributed by atoms with Crippen molar-refractivity contribution in [1.82, 2.24) is 20.4 Å². The quantitative estimate of drug-likeness (QED) is 0.388. The lowest BCUT2D eigenvalue weighted by Gasteiger charge is -2.38. The van der Waals surface area contributed by atoms with Gasteiger partial charge in [-0.3, -0.25) is 4.55 Å². The second-order valence-corrected chi connectivity index (χ2v) is 6.49. The second-order valence-electron chi connectivity index (χ2n) is 5.48. The number of carbonyl (C=O) groups excluding carboxylic acids is 1. The monoisotopic (exact) mass is 377 g/mol. The molecule has 2 amide bonds. The Kier molecular flexibility index (Phi) is 6.72. The fourth-order valence-corrected chi connectivity index (χ4v) is 3.02. The summed E-state index contributed by atoms with van der Waals surface area (Å²) >= 11 is 0. The summed E-state index contributed by atoms with van der Waals surface area (Å²) < 4.78 is 40.0. The molecule has 1 saturated heterocycles. The van der Waals surface area contributed by atoms with Crippen LogP contribution >= 0.6 is 0 Å². The summed E-state index contributed by atoms with van der Waals surface area (Å²) in [6, 6.07) is 0.767. The summed E-state index contributed by atoms with van der Waals surface area (Å²) in [6.45, 7) is 4.03. The summed E-state index contributed by atoms with van der Waals surface area (Å²) in [7, 11) is -4.75. The van der Waals surface area contributed by atoms with Crippen LogP contribution in [0.15, 0.2) is 10.6 Å². The first kappa shape index (κ1) is 19.6. The lowest BCUT2D eigenvalue weighted by molar-refractivity contribution is -0.0594. The van der Waals surface area contributed by atoms with Gasteiger partial charge in [-0.25, -0.2) is 4.79 Å². The predicted octanol–water partition coefficient (Wildman–Crippen LogP) is -0.311. The molecule has 0 saturated carbocycles. The lowest BCUT2D eigenvalue weighted by Crippen LogP contribution is -2.51. The van der Waals surface area contributed by atoms with Crippen LogP contribution in [0.1, 0.15) is 30.8 Å². The smallest absolute Gasteiger partial charge is 0.361 e. The molecule has 11 nitrogen and oxygen atoms in total. The lowest BCUT2D eigenvalue weighted by atomic mass is 10.1. The Balaban J connectivity index is 2.02. The first-order valence-corrected chi connectivity index (χ1v) is 9.33. The number of nitrogens with zero attached hydrogens (tertiary/aromatic N) is 3. The Bertz CT molecular complexity index is 678. The van der Waals surface area contributed by atoms with Gasteiger partial charge in [0, 0.05) is 38.7 Å². The van der Waals surface area contributed by atoms with Crippen LogP contribution in [-0.2, 0) is 21.1 Å². The van der Waals surface area contributed by atoms with E-state index in [-0.39, 0.29) is 12.6 Å². The Morgan fingerprint density at radius 3 is 2.92 bits per heavy atom. The molecule has 2 heterocycles. The first-order valence-electron chi connectivity index (χ1n) is 7.97. The van der Waals surface area contributed by atoms with E-state index in [1.54, 1.807) is 13.0 Å². The number of nitrogens with one attached hydrogen (secondary N) is 1. The summed E-state index contributed by atoms with van der Waals surface area (Å²) in [6.07, 6.45) is 1.02. The van der Waals surface area contributed by atoms with Gasteiger partial charge in [0.1, 0.15) is 11.5 Å². The van der Waals surface area contributed by atoms with Gasteiger partial charge in [-0.1, -0.05) is 5.16 Å². The minimum Gasteiger partial charge on any atom is -0.361 e. The van der Waals surface area contributed by atoms with E-state index in [9.17, 15) is 13.2 Å². The maximum atomic E-state index is 12.3. The highest BCUT2D eigenvalue weighted by Gasteiger charge is 2.37. The van der Waals surface area contributed by atoms with Crippen LogP contribution in [0.3, 0.4) is 0 Å². The summed E-state index contributed by atoms with van der Waals surface area (Å²) in [4.78, 5) is 13.7. The molecule has 1 atom stereocenters. The summed E-state index contributed by atoms with van der Waals surface area (Å²) in [5.41, 5.74) is 5.99. The van der Waals surface area contributed by atoms with Crippen molar-refractivity contribution in [1.29, 1.82) is 0 Å². The Morgan fingerprint density at radius 1 is 1.52 bits per heavy atom. The molecule has 1 fully saturated rings. The first-order chi connectivity index (χ1) is 11.9. The van der Waals surface area contributed by atoms with Crippen molar-refractivity contribution in [2.75, 3.05) is 32.7 Å². The highest BCUT2D eigenvalue weighted by Crippen LogP contribution is 2.30. The van der Waals surface area contributed by atoms with E-state index in [2.05, 4.69) is 14.8 Å². The zero-order valence-corrected chi connectivity index (χ0v) is 14.7. The number of amides is 2. The van der Waals surface area contributed by atoms with E-state index >= 15 is 0 Å². The van der Waals surface area contributed by atoms with Crippen LogP contribution in [-0.4, -0.2) is 66.8 Å². The number of aromatic nitrogens is 1. The van der Waals surface area contributed by atoms with Crippen LogP contribution in [0.5, 0.6) is 0 Å². The molecule has 0 bridgehead atoms. The fourth-order valence-electron chi connectivity index (χ4n) is 2.66. The SMILES string of the molecule is CCN1C(=O)N(OS(=O)(=O)O)CC[C@H]1c1cc(CCNCCN)on1. The molecule has 0 aromatic carbocycles. The third kappa shape index (κ3) is 5.37. The van der Waals surface area contributed by atoms with Crippen LogP contribution in [0.4, 0.5) is 4.79 Å². The fraction of sp³-hybridized carbons (Fsp3) is 0.692. The molecular formula is C13H23N5O6S. The minimum atomic E-state index is -4.75. The predicted molar refractivity (Wildman–Crippen MR) is 86.6 cm³/mol. The van der Waals surface area contributed by atoms with Crippen LogP contribution in [0.25, 0.3) is 0 Å². The molecule has 25 heavy (non-hydrogen) atoms. The van der Waals surface area contributed by atoms with Crippen LogP contribution < -0.4 is 11.1 Å². The molecule has 0 aliphatic carbocycles. The van der Waals surface area contributed by atoms with E-state index in [4.69, 9.17) is 14.8 Å². The Labute approximate surface area is 146 Å². The molecule has 0 spiro atoms. The second kappa shape index (κ2) is 8.58. The molecule has 0 unspecified atom stereocenters. The number of hydrogen-bond acceptors (Lipinski definition) is 8. The molecule has 4 N–H and O–H groups in total. The van der Waals surface area contributed by atoms with Crippen molar-refractivity contribution in [3.63, 3.8) is 0 Å². The van der Waals surface area contributed by atoms with E-state index in [1.807, 2.05) is 0 Å². The molecule has 2 rings (SSSR count). The molecule has 0 radical (unpaired) electrons. The zero-order valence-electron chi connectivity index (χ0n) is 13.9. The van der Waals surface area contributed by atoms with Gasteiger partial charge in [0.25, 0.3) is 0 Å². The number of rotatable bonds is 9. The van der Waals surface area contributed by atoms with Gasteiger partial charge in [-0.2, -0.15) is 13.5 Å². The standard InChI is InChI=1S/C13H23N5O6S/c1-2-17-12(4-8-18(13(17)19)24-25(20,21)22)11-9-10(23-16-11)3-6-15-7-5-14/h9,12,15H,2-8,14H2,1H3,(H,20,21,22)/t12-/m0/s1. The van der Waals surface area contributed by atoms with Crippen molar-refractivity contribution in [2.45, 2.75) is 25.8 Å². The van der Waals surface area contributed by atoms with Gasteiger partial charge >= 0.3 is 16.4 Å². The average molecular weight is 377 g/mol. The highest BCUT2D eigenvalue weighted by atomic mass is 32.3. The molecule has 12 heteroatoms. The van der Waals surface area contributed by atoms with E-state index in [0.717, 1.165) is 0 Å². The van der Waals surface area contributed by atoms with E-state index in [1.165, 1.54) is 4.90 Å². The van der Waals surface area contributed by atoms with Crippen LogP contribution in [0.2, 0.25) is 0 Å². The van der Waals surface area contributed by atoms with Gasteiger partial charge < -0.3 is 20.5 Å². The van der Waals surface area contributed by atoms with Gasteiger partial charge in [0.15, 0.2) is 0 Å². The molecule has 1 aromatic heterocycles. The van der Waals surface area contributed by atoms with E-state index < -0.39 is 16.4 Å². The van der Waals surface area contributed by atoms with Gasteiger partial charge in [0.05, 0.1) is 12.6 Å². The van der Waals surface area contributed by atoms with Crippen molar-refractivity contribution in [2.24, 2.45) is 5.73 Å². The number of urea groups is 1. The summed E-state index contributed by atoms with van der Waals surface area (Å²) in [5, 5.41) is 7.79. The molecule has 1 aliphatic rings. The molecule has 1 aromatic rings. The van der Waals surface area contributed by atoms with Crippen LogP contribution in [0, 0.1) is 0 Å². The maximum Gasteiger partial charge on any atom is 0.418 e. The van der Waals surface area contributed by atoms with Gasteiger partial charge in [-0.05, 0) is 13.3 Å². The highest BCUT2D eigenvalue weighted by molar-refractivity contribution is 7.80. The zero-order chi connectivity index (χ0) is 18.4. The number of nitrogens with two attached hydrogens (primary N) is 1.